The Morgan fingerprint density at radius 3 is 2.48 bits per heavy atom. The maximum atomic E-state index is 6.58. The Morgan fingerprint density at radius 1 is 1.17 bits per heavy atom. The highest BCUT2D eigenvalue weighted by molar-refractivity contribution is 14.0. The summed E-state index contributed by atoms with van der Waals surface area (Å²) in [5.41, 5.74) is 1.21. The summed E-state index contributed by atoms with van der Waals surface area (Å²) < 4.78 is 5.65. The Bertz CT molecular complexity index is 683. The number of benzene rings is 1. The van der Waals surface area contributed by atoms with Crippen molar-refractivity contribution in [1.82, 2.24) is 15.5 Å². The summed E-state index contributed by atoms with van der Waals surface area (Å²) in [4.78, 5) is 7.15. The smallest absolute Gasteiger partial charge is 0.191 e. The van der Waals surface area contributed by atoms with Gasteiger partial charge in [-0.05, 0) is 50.2 Å². The van der Waals surface area contributed by atoms with Crippen LogP contribution < -0.4 is 10.6 Å². The van der Waals surface area contributed by atoms with Crippen LogP contribution in [0.1, 0.15) is 44.1 Å². The fraction of sp³-hybridized carbons (Fsp3) is 0.682. The third-order valence-electron chi connectivity index (χ3n) is 6.65. The number of likely N-dealkylation sites (tertiary alicyclic amines) is 1. The van der Waals surface area contributed by atoms with Gasteiger partial charge in [0.1, 0.15) is 0 Å². The first-order valence-corrected chi connectivity index (χ1v) is 11.1. The van der Waals surface area contributed by atoms with Gasteiger partial charge in [0.05, 0.1) is 0 Å². The van der Waals surface area contributed by atoms with E-state index in [0.29, 0.717) is 6.04 Å². The standard InChI is InChI=1S/C22H33ClN4O.HI/c1-24-21(26-17-8-12-27(13-9-17)18-6-7-18)25-16-22(10-14-28-15-11-22)19-4-2-3-5-20(19)23;/h2-5,17-18H,6-16H2,1H3,(H2,24,25,26);1H. The fourth-order valence-corrected chi connectivity index (χ4v) is 5.02. The van der Waals surface area contributed by atoms with Gasteiger partial charge in [-0.25, -0.2) is 0 Å². The zero-order chi connectivity index (χ0) is 19.4. The van der Waals surface area contributed by atoms with Crippen molar-refractivity contribution in [3.05, 3.63) is 34.9 Å². The fourth-order valence-electron chi connectivity index (χ4n) is 4.68. The highest BCUT2D eigenvalue weighted by Gasteiger charge is 2.36. The molecule has 1 saturated carbocycles. The maximum Gasteiger partial charge on any atom is 0.191 e. The van der Waals surface area contributed by atoms with Gasteiger partial charge in [0.2, 0.25) is 0 Å². The van der Waals surface area contributed by atoms with E-state index >= 15 is 0 Å². The molecule has 4 rings (SSSR count). The van der Waals surface area contributed by atoms with E-state index in [1.54, 1.807) is 0 Å². The largest absolute Gasteiger partial charge is 0.381 e. The predicted octanol–water partition coefficient (Wildman–Crippen LogP) is 3.80. The monoisotopic (exact) mass is 532 g/mol. The van der Waals surface area contributed by atoms with E-state index in [1.807, 2.05) is 19.2 Å². The number of piperidine rings is 1. The number of ether oxygens (including phenoxy) is 1. The number of hydrogen-bond acceptors (Lipinski definition) is 3. The summed E-state index contributed by atoms with van der Waals surface area (Å²) in [5.74, 6) is 0.905. The molecule has 5 nitrogen and oxygen atoms in total. The van der Waals surface area contributed by atoms with E-state index in [-0.39, 0.29) is 29.4 Å². The Morgan fingerprint density at radius 2 is 1.86 bits per heavy atom. The molecule has 2 N–H and O–H groups in total. The van der Waals surface area contributed by atoms with Crippen molar-refractivity contribution in [2.75, 3.05) is 39.9 Å². The molecule has 29 heavy (non-hydrogen) atoms. The van der Waals surface area contributed by atoms with Gasteiger partial charge in [-0.3, -0.25) is 4.99 Å². The molecule has 0 unspecified atom stereocenters. The molecule has 1 aromatic rings. The van der Waals surface area contributed by atoms with Crippen LogP contribution in [-0.2, 0) is 10.2 Å². The van der Waals surface area contributed by atoms with Gasteiger partial charge in [0.25, 0.3) is 0 Å². The third-order valence-corrected chi connectivity index (χ3v) is 6.98. The van der Waals surface area contributed by atoms with Crippen molar-refractivity contribution in [3.63, 3.8) is 0 Å². The molecular weight excluding hydrogens is 499 g/mol. The number of hydrogen-bond donors (Lipinski definition) is 2. The third kappa shape index (κ3) is 5.77. The molecule has 7 heteroatoms. The molecule has 2 saturated heterocycles. The minimum atomic E-state index is -0.0104. The number of halogens is 2. The van der Waals surface area contributed by atoms with Crippen LogP contribution in [0.3, 0.4) is 0 Å². The van der Waals surface area contributed by atoms with Crippen LogP contribution in [-0.4, -0.2) is 62.8 Å². The summed E-state index contributed by atoms with van der Waals surface area (Å²) in [6.45, 7) is 4.79. The van der Waals surface area contributed by atoms with Crippen LogP contribution in [0.2, 0.25) is 5.02 Å². The second-order valence-electron chi connectivity index (χ2n) is 8.48. The van der Waals surface area contributed by atoms with Gasteiger partial charge in [-0.2, -0.15) is 0 Å². The second kappa shape index (κ2) is 10.6. The average molecular weight is 533 g/mol. The Kier molecular flexibility index (Phi) is 8.48. The van der Waals surface area contributed by atoms with E-state index in [0.717, 1.165) is 49.6 Å². The highest BCUT2D eigenvalue weighted by atomic mass is 127. The average Bonchev–Trinajstić information content (AvgIpc) is 3.58. The van der Waals surface area contributed by atoms with Crippen molar-refractivity contribution < 1.29 is 4.74 Å². The Balaban J connectivity index is 0.00000240. The lowest BCUT2D eigenvalue weighted by Crippen LogP contribution is -2.52. The molecule has 3 aliphatic rings. The first kappa shape index (κ1) is 23.1. The molecule has 0 radical (unpaired) electrons. The quantitative estimate of drug-likeness (QED) is 0.344. The van der Waals surface area contributed by atoms with Gasteiger partial charge in [-0.15, -0.1) is 24.0 Å². The molecule has 1 aromatic carbocycles. The molecule has 0 amide bonds. The summed E-state index contributed by atoms with van der Waals surface area (Å²) in [6.07, 6.45) is 7.13. The summed E-state index contributed by atoms with van der Waals surface area (Å²) in [5, 5.41) is 8.12. The number of nitrogens with one attached hydrogen (secondary N) is 2. The molecule has 2 heterocycles. The van der Waals surface area contributed by atoms with Gasteiger partial charge in [0, 0.05) is 62.4 Å². The van der Waals surface area contributed by atoms with Gasteiger partial charge in [0.15, 0.2) is 5.96 Å². The van der Waals surface area contributed by atoms with Gasteiger partial charge in [-0.1, -0.05) is 29.8 Å². The molecule has 1 aliphatic carbocycles. The summed E-state index contributed by atoms with van der Waals surface area (Å²) >= 11 is 6.58. The molecule has 3 fully saturated rings. The Hall–Kier alpha value is -0.570. The van der Waals surface area contributed by atoms with Crippen LogP contribution >= 0.6 is 35.6 Å². The molecule has 162 valence electrons. The van der Waals surface area contributed by atoms with E-state index in [2.05, 4.69) is 32.7 Å². The number of rotatable bonds is 5. The van der Waals surface area contributed by atoms with Gasteiger partial charge < -0.3 is 20.3 Å². The van der Waals surface area contributed by atoms with E-state index in [9.17, 15) is 0 Å². The normalized spacial score (nSPS) is 23.3. The van der Waals surface area contributed by atoms with E-state index in [1.165, 1.54) is 44.3 Å². The summed E-state index contributed by atoms with van der Waals surface area (Å²) in [6, 6.07) is 9.63. The minimum absolute atomic E-state index is 0. The minimum Gasteiger partial charge on any atom is -0.381 e. The topological polar surface area (TPSA) is 48.9 Å². The number of aliphatic imine (C=N–C) groups is 1. The lowest BCUT2D eigenvalue weighted by atomic mass is 9.74. The molecular formula is C22H34ClIN4O. The van der Waals surface area contributed by atoms with E-state index < -0.39 is 0 Å². The maximum absolute atomic E-state index is 6.58. The van der Waals surface area contributed by atoms with Crippen molar-refractivity contribution in [2.24, 2.45) is 4.99 Å². The molecule has 2 aliphatic heterocycles. The van der Waals surface area contributed by atoms with Crippen molar-refractivity contribution in [2.45, 2.75) is 56.0 Å². The van der Waals surface area contributed by atoms with Crippen LogP contribution in [0.25, 0.3) is 0 Å². The lowest BCUT2D eigenvalue weighted by Gasteiger charge is -2.39. The zero-order valence-corrected chi connectivity index (χ0v) is 20.4. The van der Waals surface area contributed by atoms with Crippen molar-refractivity contribution in [1.29, 1.82) is 0 Å². The molecule has 0 spiro atoms. The van der Waals surface area contributed by atoms with Gasteiger partial charge >= 0.3 is 0 Å². The first-order chi connectivity index (χ1) is 13.7. The van der Waals surface area contributed by atoms with Crippen LogP contribution in [0.15, 0.2) is 29.3 Å². The number of guanidine groups is 1. The molecule has 0 atom stereocenters. The molecule has 0 bridgehead atoms. The number of nitrogens with zero attached hydrogens (tertiary/aromatic N) is 2. The SMILES string of the molecule is CN=C(NCC1(c2ccccc2Cl)CCOCC1)NC1CCN(C2CC2)CC1.I. The lowest BCUT2D eigenvalue weighted by molar-refractivity contribution is 0.0514. The van der Waals surface area contributed by atoms with Crippen molar-refractivity contribution in [3.8, 4) is 0 Å². The van der Waals surface area contributed by atoms with Crippen LogP contribution in [0.5, 0.6) is 0 Å². The van der Waals surface area contributed by atoms with Crippen molar-refractivity contribution >= 4 is 41.5 Å². The molecule has 0 aromatic heterocycles. The second-order valence-corrected chi connectivity index (χ2v) is 8.89. The van der Waals surface area contributed by atoms with Crippen LogP contribution in [0.4, 0.5) is 0 Å². The zero-order valence-electron chi connectivity index (χ0n) is 17.3. The highest BCUT2D eigenvalue weighted by Crippen LogP contribution is 2.38. The summed E-state index contributed by atoms with van der Waals surface area (Å²) in [7, 11) is 1.86. The van der Waals surface area contributed by atoms with Crippen LogP contribution in [0, 0.1) is 0 Å². The van der Waals surface area contributed by atoms with E-state index in [4.69, 9.17) is 16.3 Å². The predicted molar refractivity (Wildman–Crippen MR) is 131 cm³/mol. The first-order valence-electron chi connectivity index (χ1n) is 10.7. The Labute approximate surface area is 197 Å².